The molecule has 40 heavy (non-hydrogen) atoms. The fourth-order valence-corrected chi connectivity index (χ4v) is 5.34. The van der Waals surface area contributed by atoms with Gasteiger partial charge in [-0.3, -0.25) is 14.5 Å². The van der Waals surface area contributed by atoms with Crippen molar-refractivity contribution >= 4 is 28.9 Å². The van der Waals surface area contributed by atoms with Crippen LogP contribution in [0.5, 0.6) is 17.2 Å². The van der Waals surface area contributed by atoms with Crippen LogP contribution < -0.4 is 29.3 Å². The number of hydrogen-bond donors (Lipinski definition) is 1. The third-order valence-electron chi connectivity index (χ3n) is 7.36. The molecule has 4 aromatic carbocycles. The first-order valence-corrected chi connectivity index (χ1v) is 13.0. The zero-order chi connectivity index (χ0) is 27.8. The van der Waals surface area contributed by atoms with Gasteiger partial charge in [-0.05, 0) is 65.7 Å². The summed E-state index contributed by atoms with van der Waals surface area (Å²) in [5.74, 6) is 0.729. The van der Waals surface area contributed by atoms with Crippen LogP contribution in [0.3, 0.4) is 0 Å². The Balaban J connectivity index is 1.48. The third kappa shape index (κ3) is 4.47. The van der Waals surface area contributed by atoms with Crippen molar-refractivity contribution in [1.82, 2.24) is 0 Å². The molecule has 202 valence electrons. The van der Waals surface area contributed by atoms with Crippen LogP contribution in [0.25, 0.3) is 0 Å². The van der Waals surface area contributed by atoms with E-state index in [2.05, 4.69) is 5.32 Å². The van der Waals surface area contributed by atoms with Gasteiger partial charge in [0.05, 0.1) is 19.1 Å². The van der Waals surface area contributed by atoms with Crippen LogP contribution in [0.4, 0.5) is 17.1 Å². The minimum atomic E-state index is -0.707. The highest BCUT2D eigenvalue weighted by Gasteiger charge is 2.45. The van der Waals surface area contributed by atoms with Crippen LogP contribution in [-0.2, 0) is 4.79 Å². The van der Waals surface area contributed by atoms with Gasteiger partial charge in [-0.25, -0.2) is 0 Å². The Bertz CT molecular complexity index is 1570. The van der Waals surface area contributed by atoms with Crippen LogP contribution in [-0.4, -0.2) is 39.8 Å². The van der Waals surface area contributed by atoms with E-state index in [9.17, 15) is 9.59 Å². The Kier molecular flexibility index (Phi) is 6.51. The van der Waals surface area contributed by atoms with Crippen LogP contribution in [0, 0.1) is 0 Å². The van der Waals surface area contributed by atoms with Crippen LogP contribution in [0.15, 0.2) is 91.0 Å². The molecule has 0 unspecified atom stereocenters. The van der Waals surface area contributed by atoms with E-state index in [0.29, 0.717) is 39.8 Å². The average molecular weight is 536 g/mol. The Labute approximate surface area is 232 Å². The fourth-order valence-electron chi connectivity index (χ4n) is 5.34. The number of fused-ring (bicyclic) bond motifs is 2. The van der Waals surface area contributed by atoms with Gasteiger partial charge in [0.1, 0.15) is 5.75 Å². The SMILES string of the molecule is COc1ccc([C@@H]2[C@@H](C(=O)Nc3ccc(N(C)C)cc3)c3ccccc3C(=O)N2c2ccc3c(c2)OCO3)cc1. The number of anilines is 3. The number of carbonyl (C=O) groups excluding carboxylic acids is 2. The summed E-state index contributed by atoms with van der Waals surface area (Å²) in [4.78, 5) is 32.0. The first-order valence-electron chi connectivity index (χ1n) is 13.0. The average Bonchev–Trinajstić information content (AvgIpc) is 3.45. The quantitative estimate of drug-likeness (QED) is 0.346. The van der Waals surface area contributed by atoms with Gasteiger partial charge in [-0.2, -0.15) is 0 Å². The molecule has 0 aromatic heterocycles. The summed E-state index contributed by atoms with van der Waals surface area (Å²) in [6, 6.07) is 27.2. The van der Waals surface area contributed by atoms with Gasteiger partial charge in [0, 0.05) is 42.8 Å². The maximum absolute atomic E-state index is 14.2. The highest BCUT2D eigenvalue weighted by Crippen LogP contribution is 2.47. The summed E-state index contributed by atoms with van der Waals surface area (Å²) in [5.41, 5.74) is 4.26. The van der Waals surface area contributed by atoms with Crippen molar-refractivity contribution in [3.8, 4) is 17.2 Å². The maximum atomic E-state index is 14.2. The molecule has 6 rings (SSSR count). The predicted octanol–water partition coefficient (Wildman–Crippen LogP) is 5.61. The van der Waals surface area contributed by atoms with Gasteiger partial charge in [-0.15, -0.1) is 0 Å². The molecule has 0 spiro atoms. The molecular formula is C32H29N3O5. The number of rotatable bonds is 6. The second-order valence-corrected chi connectivity index (χ2v) is 9.93. The van der Waals surface area contributed by atoms with E-state index in [-0.39, 0.29) is 18.6 Å². The summed E-state index contributed by atoms with van der Waals surface area (Å²) in [7, 11) is 5.54. The molecule has 0 saturated carbocycles. The highest BCUT2D eigenvalue weighted by molar-refractivity contribution is 6.12. The van der Waals surface area contributed by atoms with Crippen molar-refractivity contribution in [1.29, 1.82) is 0 Å². The zero-order valence-corrected chi connectivity index (χ0v) is 22.5. The maximum Gasteiger partial charge on any atom is 0.259 e. The lowest BCUT2D eigenvalue weighted by Crippen LogP contribution is -2.46. The molecule has 0 saturated heterocycles. The summed E-state index contributed by atoms with van der Waals surface area (Å²) < 4.78 is 16.5. The van der Waals surface area contributed by atoms with E-state index in [1.54, 1.807) is 30.2 Å². The van der Waals surface area contributed by atoms with Crippen molar-refractivity contribution < 1.29 is 23.8 Å². The first-order chi connectivity index (χ1) is 19.4. The van der Waals surface area contributed by atoms with Crippen LogP contribution in [0.2, 0.25) is 0 Å². The number of hydrogen-bond acceptors (Lipinski definition) is 6. The van der Waals surface area contributed by atoms with Crippen molar-refractivity contribution in [2.24, 2.45) is 0 Å². The molecule has 8 nitrogen and oxygen atoms in total. The van der Waals surface area contributed by atoms with Gasteiger partial charge < -0.3 is 24.4 Å². The van der Waals surface area contributed by atoms with E-state index in [1.165, 1.54) is 0 Å². The summed E-state index contributed by atoms with van der Waals surface area (Å²) in [6.07, 6.45) is 0. The van der Waals surface area contributed by atoms with Crippen LogP contribution in [0.1, 0.15) is 33.4 Å². The Morgan fingerprint density at radius 3 is 2.38 bits per heavy atom. The number of carbonyl (C=O) groups is 2. The lowest BCUT2D eigenvalue weighted by molar-refractivity contribution is -0.118. The normalized spacial score (nSPS) is 17.3. The number of nitrogens with zero attached hydrogens (tertiary/aromatic N) is 2. The topological polar surface area (TPSA) is 80.3 Å². The molecule has 2 aliphatic heterocycles. The second kappa shape index (κ2) is 10.3. The van der Waals surface area contributed by atoms with Crippen molar-refractivity contribution in [3.63, 3.8) is 0 Å². The van der Waals surface area contributed by atoms with Gasteiger partial charge in [0.15, 0.2) is 11.5 Å². The molecule has 2 atom stereocenters. The molecule has 1 N–H and O–H groups in total. The van der Waals surface area contributed by atoms with Gasteiger partial charge in [-0.1, -0.05) is 30.3 Å². The first kappa shape index (κ1) is 25.3. The van der Waals surface area contributed by atoms with Crippen LogP contribution >= 0.6 is 0 Å². The van der Waals surface area contributed by atoms with Gasteiger partial charge >= 0.3 is 0 Å². The number of ether oxygens (including phenoxy) is 3. The number of benzene rings is 4. The smallest absolute Gasteiger partial charge is 0.259 e. The largest absolute Gasteiger partial charge is 0.497 e. The summed E-state index contributed by atoms with van der Waals surface area (Å²) in [6.45, 7) is 0.120. The van der Waals surface area contributed by atoms with Crippen molar-refractivity contribution in [2.45, 2.75) is 12.0 Å². The molecule has 0 radical (unpaired) electrons. The minimum Gasteiger partial charge on any atom is -0.497 e. The predicted molar refractivity (Wildman–Crippen MR) is 154 cm³/mol. The standard InChI is InChI=1S/C32H29N3O5/c1-34(2)22-12-10-21(11-13-22)33-31(36)29-25-6-4-5-7-26(25)32(37)35(23-14-17-27-28(18-23)40-19-39-27)30(29)20-8-15-24(38-3)16-9-20/h4-18,29-30H,19H2,1-3H3,(H,33,36)/t29-,30+/m0/s1. The third-order valence-corrected chi connectivity index (χ3v) is 7.36. The zero-order valence-electron chi connectivity index (χ0n) is 22.5. The lowest BCUT2D eigenvalue weighted by atomic mass is 9.78. The molecule has 8 heteroatoms. The van der Waals surface area contributed by atoms with E-state index in [0.717, 1.165) is 11.3 Å². The molecule has 2 aliphatic rings. The Hall–Kier alpha value is -4.98. The fraction of sp³-hybridized carbons (Fsp3) is 0.188. The Morgan fingerprint density at radius 2 is 1.65 bits per heavy atom. The van der Waals surface area contributed by atoms with E-state index in [1.807, 2.05) is 91.8 Å². The van der Waals surface area contributed by atoms with Gasteiger partial charge in [0.25, 0.3) is 5.91 Å². The van der Waals surface area contributed by atoms with E-state index < -0.39 is 12.0 Å². The van der Waals surface area contributed by atoms with Gasteiger partial charge in [0.2, 0.25) is 12.7 Å². The van der Waals surface area contributed by atoms with Crippen molar-refractivity contribution in [2.75, 3.05) is 43.1 Å². The number of amides is 2. The molecular weight excluding hydrogens is 506 g/mol. The molecule has 0 aliphatic carbocycles. The molecule has 2 heterocycles. The van der Waals surface area contributed by atoms with E-state index in [4.69, 9.17) is 14.2 Å². The second-order valence-electron chi connectivity index (χ2n) is 9.93. The minimum absolute atomic E-state index is 0.120. The summed E-state index contributed by atoms with van der Waals surface area (Å²) in [5, 5.41) is 3.10. The highest BCUT2D eigenvalue weighted by atomic mass is 16.7. The van der Waals surface area contributed by atoms with Crippen molar-refractivity contribution in [3.05, 3.63) is 108 Å². The van der Waals surface area contributed by atoms with E-state index >= 15 is 0 Å². The number of methoxy groups -OCH3 is 1. The molecule has 2 amide bonds. The molecule has 0 bridgehead atoms. The monoisotopic (exact) mass is 535 g/mol. The number of nitrogens with one attached hydrogen (secondary N) is 1. The molecule has 4 aromatic rings. The Morgan fingerprint density at radius 1 is 0.925 bits per heavy atom. The lowest BCUT2D eigenvalue weighted by Gasteiger charge is -2.42. The molecule has 0 fully saturated rings. The summed E-state index contributed by atoms with van der Waals surface area (Å²) >= 11 is 0.